The second-order valence-electron chi connectivity index (χ2n) is 6.14. The van der Waals surface area contributed by atoms with Crippen molar-refractivity contribution in [1.82, 2.24) is 25.1 Å². The molecule has 0 aliphatic heterocycles. The molecule has 29 heavy (non-hydrogen) atoms. The Bertz CT molecular complexity index is 996. The lowest BCUT2D eigenvalue weighted by atomic mass is 10.2. The van der Waals surface area contributed by atoms with Crippen LogP contribution >= 0.6 is 11.8 Å². The molecule has 2 heterocycles. The fourth-order valence-electron chi connectivity index (χ4n) is 2.67. The van der Waals surface area contributed by atoms with Crippen LogP contribution in [0.15, 0.2) is 46.2 Å². The highest BCUT2D eigenvalue weighted by atomic mass is 32.2. The molecule has 0 unspecified atom stereocenters. The topological polar surface area (TPSA) is 110 Å². The fraction of sp³-hybridized carbons (Fsp3) is 0.316. The highest BCUT2D eigenvalue weighted by Crippen LogP contribution is 2.27. The first-order chi connectivity index (χ1) is 14.1. The number of hydrogen-bond acceptors (Lipinski definition) is 8. The first kappa shape index (κ1) is 20.4. The molecule has 0 atom stereocenters. The molecule has 2 aromatic heterocycles. The van der Waals surface area contributed by atoms with E-state index in [0.717, 1.165) is 5.56 Å². The van der Waals surface area contributed by atoms with Crippen LogP contribution in [0.3, 0.4) is 0 Å². The summed E-state index contributed by atoms with van der Waals surface area (Å²) in [4.78, 5) is 14.3. The van der Waals surface area contributed by atoms with Crippen LogP contribution in [-0.4, -0.2) is 50.4 Å². The lowest BCUT2D eigenvalue weighted by molar-refractivity contribution is -0.129. The number of benzene rings is 1. The zero-order chi connectivity index (χ0) is 20.6. The molecule has 0 aliphatic rings. The number of carbonyl (C=O) groups is 1. The van der Waals surface area contributed by atoms with Crippen LogP contribution in [0.2, 0.25) is 0 Å². The molecule has 0 aliphatic carbocycles. The molecule has 1 amide bonds. The number of furan rings is 1. The minimum absolute atomic E-state index is 0.126. The molecular weight excluding hydrogens is 392 g/mol. The second kappa shape index (κ2) is 9.75. The van der Waals surface area contributed by atoms with E-state index in [9.17, 15) is 4.79 Å². The zero-order valence-electron chi connectivity index (χ0n) is 16.1. The molecule has 0 bridgehead atoms. The van der Waals surface area contributed by atoms with Crippen molar-refractivity contribution in [3.63, 3.8) is 0 Å². The molecule has 3 aromatic rings. The Morgan fingerprint density at radius 1 is 1.41 bits per heavy atom. The third-order valence-corrected chi connectivity index (χ3v) is 5.01. The SMILES string of the molecule is COc1ccc(C)cc1-n1nnnc1SCC(=O)N(CCC#N)Cc1ccco1. The number of methoxy groups -OCH3 is 1. The average molecular weight is 412 g/mol. The van der Waals surface area contributed by atoms with Gasteiger partial charge < -0.3 is 14.1 Å². The van der Waals surface area contributed by atoms with Gasteiger partial charge in [0.2, 0.25) is 11.1 Å². The van der Waals surface area contributed by atoms with Crippen LogP contribution in [0, 0.1) is 18.3 Å². The van der Waals surface area contributed by atoms with Gasteiger partial charge in [-0.15, -0.1) is 5.10 Å². The number of amides is 1. The van der Waals surface area contributed by atoms with Crippen LogP contribution in [-0.2, 0) is 11.3 Å². The number of aryl methyl sites for hydroxylation is 1. The number of hydrogen-bond donors (Lipinski definition) is 0. The zero-order valence-corrected chi connectivity index (χ0v) is 16.9. The van der Waals surface area contributed by atoms with Crippen molar-refractivity contribution < 1.29 is 13.9 Å². The highest BCUT2D eigenvalue weighted by molar-refractivity contribution is 7.99. The average Bonchev–Trinajstić information content (AvgIpc) is 3.41. The Kier molecular flexibility index (Phi) is 6.86. The van der Waals surface area contributed by atoms with Gasteiger partial charge in [0.05, 0.1) is 38.2 Å². The first-order valence-corrected chi connectivity index (χ1v) is 9.84. The van der Waals surface area contributed by atoms with Gasteiger partial charge in [-0.05, 0) is 47.2 Å². The summed E-state index contributed by atoms with van der Waals surface area (Å²) in [5.74, 6) is 1.29. The molecule has 9 nitrogen and oxygen atoms in total. The van der Waals surface area contributed by atoms with E-state index in [0.29, 0.717) is 35.4 Å². The molecular formula is C19H20N6O3S. The van der Waals surface area contributed by atoms with Crippen LogP contribution in [0.5, 0.6) is 5.75 Å². The Labute approximate surface area is 172 Å². The summed E-state index contributed by atoms with van der Waals surface area (Å²) in [6, 6.07) is 11.3. The van der Waals surface area contributed by atoms with Crippen LogP contribution in [0.1, 0.15) is 17.7 Å². The minimum Gasteiger partial charge on any atom is -0.494 e. The maximum absolute atomic E-state index is 12.7. The number of tetrazole rings is 1. The molecule has 150 valence electrons. The summed E-state index contributed by atoms with van der Waals surface area (Å²) in [5, 5.41) is 21.2. The lowest BCUT2D eigenvalue weighted by Gasteiger charge is -2.20. The van der Waals surface area contributed by atoms with Crippen molar-refractivity contribution in [2.75, 3.05) is 19.4 Å². The van der Waals surface area contributed by atoms with E-state index >= 15 is 0 Å². The maximum Gasteiger partial charge on any atom is 0.233 e. The number of nitrogens with zero attached hydrogens (tertiary/aromatic N) is 6. The van der Waals surface area contributed by atoms with Crippen LogP contribution in [0.4, 0.5) is 0 Å². The third-order valence-electron chi connectivity index (χ3n) is 4.10. The summed E-state index contributed by atoms with van der Waals surface area (Å²) in [7, 11) is 1.58. The van der Waals surface area contributed by atoms with Crippen molar-refractivity contribution in [2.24, 2.45) is 0 Å². The van der Waals surface area contributed by atoms with Crippen molar-refractivity contribution in [1.29, 1.82) is 5.26 Å². The first-order valence-electron chi connectivity index (χ1n) is 8.85. The van der Waals surface area contributed by atoms with Gasteiger partial charge in [0, 0.05) is 6.54 Å². The van der Waals surface area contributed by atoms with E-state index in [1.165, 1.54) is 11.8 Å². The summed E-state index contributed by atoms with van der Waals surface area (Å²) in [6.45, 7) is 2.60. The predicted octanol–water partition coefficient (Wildman–Crippen LogP) is 2.61. The van der Waals surface area contributed by atoms with Crippen LogP contribution in [0.25, 0.3) is 5.69 Å². The monoisotopic (exact) mass is 412 g/mol. The summed E-state index contributed by atoms with van der Waals surface area (Å²) >= 11 is 1.22. The van der Waals surface area contributed by atoms with Gasteiger partial charge in [0.15, 0.2) is 0 Å². The minimum atomic E-state index is -0.132. The molecule has 0 fully saturated rings. The molecule has 1 aromatic carbocycles. The van der Waals surface area contributed by atoms with Gasteiger partial charge in [0.25, 0.3) is 0 Å². The van der Waals surface area contributed by atoms with Crippen molar-refractivity contribution >= 4 is 17.7 Å². The number of nitriles is 1. The molecule has 10 heteroatoms. The predicted molar refractivity (Wildman–Crippen MR) is 106 cm³/mol. The maximum atomic E-state index is 12.7. The van der Waals surface area contributed by atoms with E-state index in [2.05, 4.69) is 21.6 Å². The van der Waals surface area contributed by atoms with Gasteiger partial charge in [-0.2, -0.15) is 9.94 Å². The van der Waals surface area contributed by atoms with E-state index < -0.39 is 0 Å². The quantitative estimate of drug-likeness (QED) is 0.493. The molecule has 3 rings (SSSR count). The standard InChI is InChI=1S/C19H20N6O3S/c1-14-6-7-17(27-2)16(11-14)25-19(21-22-23-25)29-13-18(26)24(9-4-8-20)12-15-5-3-10-28-15/h3,5-7,10-11H,4,9,12-13H2,1-2H3. The van der Waals surface area contributed by atoms with Gasteiger partial charge in [-0.1, -0.05) is 17.8 Å². The van der Waals surface area contributed by atoms with Gasteiger partial charge in [0.1, 0.15) is 17.2 Å². The van der Waals surface area contributed by atoms with E-state index in [1.807, 2.05) is 25.1 Å². The Morgan fingerprint density at radius 2 is 2.28 bits per heavy atom. The smallest absolute Gasteiger partial charge is 0.233 e. The van der Waals surface area contributed by atoms with Gasteiger partial charge >= 0.3 is 0 Å². The van der Waals surface area contributed by atoms with Gasteiger partial charge in [-0.3, -0.25) is 4.79 Å². The molecule has 0 radical (unpaired) electrons. The van der Waals surface area contributed by atoms with E-state index in [-0.39, 0.29) is 18.1 Å². The molecule has 0 saturated carbocycles. The molecule has 0 saturated heterocycles. The molecule has 0 spiro atoms. The normalized spacial score (nSPS) is 10.5. The van der Waals surface area contributed by atoms with E-state index in [4.69, 9.17) is 14.4 Å². The highest BCUT2D eigenvalue weighted by Gasteiger charge is 2.19. The number of rotatable bonds is 9. The number of aromatic nitrogens is 4. The summed E-state index contributed by atoms with van der Waals surface area (Å²) in [5.41, 5.74) is 1.73. The number of ether oxygens (including phenoxy) is 1. The second-order valence-corrected chi connectivity index (χ2v) is 7.08. The van der Waals surface area contributed by atoms with Crippen molar-refractivity contribution in [3.8, 4) is 17.5 Å². The van der Waals surface area contributed by atoms with E-state index in [1.54, 1.807) is 35.1 Å². The third kappa shape index (κ3) is 5.14. The van der Waals surface area contributed by atoms with Crippen LogP contribution < -0.4 is 4.74 Å². The van der Waals surface area contributed by atoms with Gasteiger partial charge in [-0.25, -0.2) is 0 Å². The summed E-state index contributed by atoms with van der Waals surface area (Å²) in [6.07, 6.45) is 1.80. The Morgan fingerprint density at radius 3 is 3.00 bits per heavy atom. The molecule has 0 N–H and O–H groups in total. The number of carbonyl (C=O) groups excluding carboxylic acids is 1. The summed E-state index contributed by atoms with van der Waals surface area (Å²) < 4.78 is 12.3. The Hall–Kier alpha value is -3.32. The Balaban J connectivity index is 1.72. The fourth-order valence-corrected chi connectivity index (χ4v) is 3.46. The van der Waals surface area contributed by atoms with Crippen molar-refractivity contribution in [3.05, 3.63) is 47.9 Å². The lowest BCUT2D eigenvalue weighted by Crippen LogP contribution is -2.32. The number of thioether (sulfide) groups is 1. The largest absolute Gasteiger partial charge is 0.494 e. The van der Waals surface area contributed by atoms with Crippen molar-refractivity contribution in [2.45, 2.75) is 25.0 Å².